The lowest BCUT2D eigenvalue weighted by molar-refractivity contribution is -0.160. The molecule has 0 aromatic heterocycles. The van der Waals surface area contributed by atoms with E-state index in [1.165, 1.54) is 0 Å². The van der Waals surface area contributed by atoms with Gasteiger partial charge in [0.1, 0.15) is 12.2 Å². The van der Waals surface area contributed by atoms with Crippen LogP contribution in [0.25, 0.3) is 0 Å². The summed E-state index contributed by atoms with van der Waals surface area (Å²) in [6.45, 7) is 5.32. The van der Waals surface area contributed by atoms with Crippen LogP contribution in [-0.2, 0) is 20.9 Å². The molecule has 7 heteroatoms. The van der Waals surface area contributed by atoms with Crippen LogP contribution in [0, 0.1) is 5.92 Å². The summed E-state index contributed by atoms with van der Waals surface area (Å²) in [4.78, 5) is 25.7. The van der Waals surface area contributed by atoms with E-state index in [0.29, 0.717) is 13.1 Å². The molecule has 0 N–H and O–H groups in total. The zero-order valence-corrected chi connectivity index (χ0v) is 17.6. The van der Waals surface area contributed by atoms with Gasteiger partial charge in [-0.25, -0.2) is 9.59 Å². The molecule has 0 bridgehead atoms. The number of carbonyl (C=O) groups excluding carboxylic acids is 2. The SMILES string of the molecule is CC(C)(OC(=O)C(Br)Br)C1CCN(C(=O)OCc2ccccc2)CC1. The van der Waals surface area contributed by atoms with Crippen molar-refractivity contribution in [3.05, 3.63) is 35.9 Å². The Morgan fingerprint density at radius 3 is 2.36 bits per heavy atom. The lowest BCUT2D eigenvalue weighted by atomic mass is 9.83. The number of amides is 1. The Labute approximate surface area is 165 Å². The van der Waals surface area contributed by atoms with E-state index in [9.17, 15) is 9.59 Å². The third kappa shape index (κ3) is 5.99. The summed E-state index contributed by atoms with van der Waals surface area (Å²) in [7, 11) is 0. The molecule has 0 saturated carbocycles. The first-order valence-corrected chi connectivity index (χ1v) is 10.1. The molecule has 1 amide bonds. The van der Waals surface area contributed by atoms with E-state index in [1.54, 1.807) is 4.90 Å². The first-order chi connectivity index (χ1) is 11.8. The quantitative estimate of drug-likeness (QED) is 0.464. The molecule has 0 unspecified atom stereocenters. The smallest absolute Gasteiger partial charge is 0.410 e. The molecule has 1 aliphatic rings. The third-order valence-electron chi connectivity index (χ3n) is 4.48. The minimum absolute atomic E-state index is 0.202. The summed E-state index contributed by atoms with van der Waals surface area (Å²) in [6, 6.07) is 9.62. The number of halogens is 2. The van der Waals surface area contributed by atoms with E-state index in [2.05, 4.69) is 31.9 Å². The predicted octanol–water partition coefficient (Wildman–Crippen LogP) is 4.47. The van der Waals surface area contributed by atoms with Crippen LogP contribution in [0.15, 0.2) is 30.3 Å². The minimum Gasteiger partial charge on any atom is -0.458 e. The topological polar surface area (TPSA) is 55.8 Å². The third-order valence-corrected chi connectivity index (χ3v) is 5.23. The van der Waals surface area contributed by atoms with Crippen molar-refractivity contribution in [3.8, 4) is 0 Å². The maximum atomic E-state index is 12.2. The van der Waals surface area contributed by atoms with Gasteiger partial charge in [-0.3, -0.25) is 0 Å². The van der Waals surface area contributed by atoms with Gasteiger partial charge >= 0.3 is 12.1 Å². The van der Waals surface area contributed by atoms with E-state index < -0.39 is 9.34 Å². The lowest BCUT2D eigenvalue weighted by Gasteiger charge is -2.39. The monoisotopic (exact) mass is 475 g/mol. The maximum absolute atomic E-state index is 12.2. The fraction of sp³-hybridized carbons (Fsp3) is 0.556. The van der Waals surface area contributed by atoms with E-state index in [4.69, 9.17) is 9.47 Å². The first kappa shape index (κ1) is 20.2. The number of rotatable bonds is 5. The Bertz CT molecular complexity index is 584. The second-order valence-corrected chi connectivity index (χ2v) is 9.69. The average Bonchev–Trinajstić information content (AvgIpc) is 2.60. The van der Waals surface area contributed by atoms with Gasteiger partial charge in [0, 0.05) is 19.0 Å². The molecule has 1 fully saturated rings. The van der Waals surface area contributed by atoms with Crippen LogP contribution < -0.4 is 0 Å². The van der Waals surface area contributed by atoms with Gasteiger partial charge in [0.2, 0.25) is 0 Å². The van der Waals surface area contributed by atoms with E-state index in [1.807, 2.05) is 44.2 Å². The van der Waals surface area contributed by atoms with Crippen LogP contribution >= 0.6 is 31.9 Å². The van der Waals surface area contributed by atoms with Crippen molar-refractivity contribution in [2.75, 3.05) is 13.1 Å². The predicted molar refractivity (Wildman–Crippen MR) is 103 cm³/mol. The number of piperidine rings is 1. The van der Waals surface area contributed by atoms with Gasteiger partial charge in [0.05, 0.1) is 0 Å². The van der Waals surface area contributed by atoms with Crippen LogP contribution in [0.4, 0.5) is 4.79 Å². The second-order valence-electron chi connectivity index (χ2n) is 6.63. The fourth-order valence-electron chi connectivity index (χ4n) is 2.95. The summed E-state index contributed by atoms with van der Waals surface area (Å²) in [5, 5.41) is 0. The highest BCUT2D eigenvalue weighted by atomic mass is 79.9. The van der Waals surface area contributed by atoms with E-state index >= 15 is 0 Å². The number of ether oxygens (including phenoxy) is 2. The van der Waals surface area contributed by atoms with Crippen molar-refractivity contribution in [2.24, 2.45) is 5.92 Å². The molecule has 1 aromatic rings. The number of alkyl halides is 2. The van der Waals surface area contributed by atoms with Crippen molar-refractivity contribution in [3.63, 3.8) is 0 Å². The Balaban J connectivity index is 1.80. The normalized spacial score (nSPS) is 16.0. The van der Waals surface area contributed by atoms with Gasteiger partial charge in [-0.05, 0) is 32.3 Å². The highest BCUT2D eigenvalue weighted by Crippen LogP contribution is 2.32. The van der Waals surface area contributed by atoms with Crippen molar-refractivity contribution >= 4 is 43.9 Å². The summed E-state index contributed by atoms with van der Waals surface area (Å²) >= 11 is 6.31. The van der Waals surface area contributed by atoms with Gasteiger partial charge in [-0.15, -0.1) is 0 Å². The summed E-state index contributed by atoms with van der Waals surface area (Å²) in [6.07, 6.45) is 1.25. The highest BCUT2D eigenvalue weighted by Gasteiger charge is 2.37. The molecule has 5 nitrogen and oxygen atoms in total. The fourth-order valence-corrected chi connectivity index (χ4v) is 3.14. The summed E-state index contributed by atoms with van der Waals surface area (Å²) in [5.74, 6) is -0.136. The van der Waals surface area contributed by atoms with E-state index in [0.717, 1.165) is 18.4 Å². The van der Waals surface area contributed by atoms with Crippen LogP contribution in [-0.4, -0.2) is 39.4 Å². The lowest BCUT2D eigenvalue weighted by Crippen LogP contribution is -2.46. The number of carbonyl (C=O) groups is 2. The molecular formula is C18H23Br2NO4. The number of hydrogen-bond acceptors (Lipinski definition) is 4. The number of hydrogen-bond donors (Lipinski definition) is 0. The number of likely N-dealkylation sites (tertiary alicyclic amines) is 1. The minimum atomic E-state index is -0.573. The second kappa shape index (κ2) is 9.03. The molecule has 2 rings (SSSR count). The van der Waals surface area contributed by atoms with Gasteiger partial charge in [0.15, 0.2) is 3.74 Å². The molecule has 0 radical (unpaired) electrons. The molecule has 1 aromatic carbocycles. The molecule has 1 aliphatic heterocycles. The summed E-state index contributed by atoms with van der Waals surface area (Å²) < 4.78 is 10.4. The van der Waals surface area contributed by atoms with Crippen molar-refractivity contribution in [1.82, 2.24) is 4.90 Å². The zero-order chi connectivity index (χ0) is 18.4. The van der Waals surface area contributed by atoms with Crippen molar-refractivity contribution in [1.29, 1.82) is 0 Å². The standard InChI is InChI=1S/C18H23Br2NO4/c1-18(2,25-16(22)15(19)20)14-8-10-21(11-9-14)17(23)24-12-13-6-4-3-5-7-13/h3-7,14-15H,8-12H2,1-2H3. The molecular weight excluding hydrogens is 454 g/mol. The largest absolute Gasteiger partial charge is 0.458 e. The highest BCUT2D eigenvalue weighted by molar-refractivity contribution is 9.25. The van der Waals surface area contributed by atoms with Crippen LogP contribution in [0.5, 0.6) is 0 Å². The van der Waals surface area contributed by atoms with Crippen LogP contribution in [0.2, 0.25) is 0 Å². The number of benzene rings is 1. The number of esters is 1. The zero-order valence-electron chi connectivity index (χ0n) is 14.4. The van der Waals surface area contributed by atoms with Crippen molar-refractivity contribution in [2.45, 2.75) is 42.6 Å². The Morgan fingerprint density at radius 2 is 1.80 bits per heavy atom. The molecule has 0 atom stereocenters. The molecule has 1 heterocycles. The molecule has 0 spiro atoms. The van der Waals surface area contributed by atoms with Gasteiger partial charge in [0.25, 0.3) is 0 Å². The average molecular weight is 477 g/mol. The summed E-state index contributed by atoms with van der Waals surface area (Å²) in [5.41, 5.74) is 0.398. The molecule has 138 valence electrons. The first-order valence-electron chi connectivity index (χ1n) is 8.26. The Kier molecular flexibility index (Phi) is 7.31. The number of nitrogens with zero attached hydrogens (tertiary/aromatic N) is 1. The van der Waals surface area contributed by atoms with Gasteiger partial charge < -0.3 is 14.4 Å². The van der Waals surface area contributed by atoms with Gasteiger partial charge in [-0.1, -0.05) is 62.2 Å². The molecule has 0 aliphatic carbocycles. The Hall–Kier alpha value is -1.08. The van der Waals surface area contributed by atoms with Gasteiger partial charge in [-0.2, -0.15) is 0 Å². The Morgan fingerprint density at radius 1 is 1.20 bits per heavy atom. The molecule has 1 saturated heterocycles. The van der Waals surface area contributed by atoms with Crippen LogP contribution in [0.3, 0.4) is 0 Å². The van der Waals surface area contributed by atoms with E-state index in [-0.39, 0.29) is 24.6 Å². The van der Waals surface area contributed by atoms with Crippen LogP contribution in [0.1, 0.15) is 32.3 Å². The molecule has 25 heavy (non-hydrogen) atoms. The maximum Gasteiger partial charge on any atom is 0.410 e. The van der Waals surface area contributed by atoms with Crippen molar-refractivity contribution < 1.29 is 19.1 Å².